The Morgan fingerprint density at radius 1 is 1.14 bits per heavy atom. The van der Waals surface area contributed by atoms with Crippen molar-refractivity contribution in [3.8, 4) is 22.8 Å². The van der Waals surface area contributed by atoms with Gasteiger partial charge in [-0.25, -0.2) is 14.6 Å². The zero-order chi connectivity index (χ0) is 14.4. The first-order chi connectivity index (χ1) is 10.3. The lowest BCUT2D eigenvalue weighted by Crippen LogP contribution is -2.13. The van der Waals surface area contributed by atoms with E-state index in [2.05, 4.69) is 14.5 Å². The molecule has 1 aromatic carbocycles. The van der Waals surface area contributed by atoms with Crippen molar-refractivity contribution in [2.75, 3.05) is 11.6 Å². The van der Waals surface area contributed by atoms with Crippen molar-refractivity contribution in [2.45, 2.75) is 18.9 Å². The van der Waals surface area contributed by atoms with Gasteiger partial charge in [-0.05, 0) is 12.8 Å². The maximum Gasteiger partial charge on any atom is 0.161 e. The van der Waals surface area contributed by atoms with Crippen molar-refractivity contribution >= 4 is 5.82 Å². The van der Waals surface area contributed by atoms with Crippen LogP contribution in [0.3, 0.4) is 0 Å². The summed E-state index contributed by atoms with van der Waals surface area (Å²) in [6.45, 7) is 0. The number of anilines is 1. The minimum absolute atomic E-state index is 0.455. The van der Waals surface area contributed by atoms with E-state index in [0.717, 1.165) is 11.3 Å². The van der Waals surface area contributed by atoms with Crippen LogP contribution in [0.1, 0.15) is 18.9 Å². The second kappa shape index (κ2) is 4.37. The van der Waals surface area contributed by atoms with Gasteiger partial charge >= 0.3 is 0 Å². The number of hydrogen-bond donors (Lipinski definition) is 2. The molecule has 1 aliphatic rings. The molecule has 21 heavy (non-hydrogen) atoms. The molecule has 4 rings (SSSR count). The van der Waals surface area contributed by atoms with Crippen molar-refractivity contribution in [1.29, 1.82) is 0 Å². The van der Waals surface area contributed by atoms with Gasteiger partial charge in [-0.3, -0.25) is 0 Å². The molecule has 106 valence electrons. The molecule has 0 spiro atoms. The van der Waals surface area contributed by atoms with Crippen molar-refractivity contribution in [3.05, 3.63) is 42.9 Å². The zero-order valence-electron chi connectivity index (χ0n) is 11.5. The Morgan fingerprint density at radius 2 is 1.90 bits per heavy atom. The van der Waals surface area contributed by atoms with Gasteiger partial charge in [0.1, 0.15) is 5.69 Å². The molecule has 3 aromatic rings. The van der Waals surface area contributed by atoms with Crippen LogP contribution in [0, 0.1) is 0 Å². The van der Waals surface area contributed by atoms with Gasteiger partial charge in [-0.2, -0.15) is 0 Å². The fourth-order valence-electron chi connectivity index (χ4n) is 2.56. The number of nitrogens with two attached hydrogens (primary N) is 2. The highest BCUT2D eigenvalue weighted by molar-refractivity contribution is 5.73. The second-order valence-electron chi connectivity index (χ2n) is 5.32. The Morgan fingerprint density at radius 3 is 2.62 bits per heavy atom. The normalized spacial score (nSPS) is 14.5. The van der Waals surface area contributed by atoms with E-state index < -0.39 is 0 Å². The van der Waals surface area contributed by atoms with Gasteiger partial charge in [0.05, 0.1) is 18.2 Å². The summed E-state index contributed by atoms with van der Waals surface area (Å²) in [5.41, 5.74) is 8.72. The molecule has 2 aromatic heterocycles. The third-order valence-corrected chi connectivity index (χ3v) is 3.83. The van der Waals surface area contributed by atoms with Crippen LogP contribution in [-0.2, 0) is 0 Å². The summed E-state index contributed by atoms with van der Waals surface area (Å²) in [6, 6.07) is 10.3. The molecule has 0 amide bonds. The third kappa shape index (κ3) is 1.87. The number of benzene rings is 1. The maximum atomic E-state index is 6.16. The number of nitrogens with zero attached hydrogens (tertiary/aromatic N) is 4. The van der Waals surface area contributed by atoms with Crippen LogP contribution in [-0.4, -0.2) is 19.2 Å². The first kappa shape index (κ1) is 12.0. The van der Waals surface area contributed by atoms with E-state index in [1.165, 1.54) is 17.5 Å². The number of rotatable bonds is 3. The lowest BCUT2D eigenvalue weighted by atomic mass is 10.2. The van der Waals surface area contributed by atoms with Crippen molar-refractivity contribution in [3.63, 3.8) is 0 Å². The Balaban J connectivity index is 1.85. The van der Waals surface area contributed by atoms with E-state index in [4.69, 9.17) is 11.6 Å². The second-order valence-corrected chi connectivity index (χ2v) is 5.32. The summed E-state index contributed by atoms with van der Waals surface area (Å²) in [5, 5.41) is 0. The fourth-order valence-corrected chi connectivity index (χ4v) is 2.56. The Hall–Kier alpha value is -2.76. The Kier molecular flexibility index (Phi) is 2.50. The van der Waals surface area contributed by atoms with E-state index in [0.29, 0.717) is 23.4 Å². The molecule has 2 heterocycles. The minimum atomic E-state index is 0.455. The highest BCUT2D eigenvalue weighted by atomic mass is 15.4. The molecule has 0 unspecified atom stereocenters. The zero-order valence-corrected chi connectivity index (χ0v) is 11.5. The van der Waals surface area contributed by atoms with Gasteiger partial charge in [0.15, 0.2) is 11.6 Å². The van der Waals surface area contributed by atoms with Crippen LogP contribution < -0.4 is 11.6 Å². The summed E-state index contributed by atoms with van der Waals surface area (Å²) in [6.07, 6.45) is 5.99. The Labute approximate surface area is 122 Å². The molecule has 0 saturated heterocycles. The molecule has 1 fully saturated rings. The molecule has 4 N–H and O–H groups in total. The van der Waals surface area contributed by atoms with Gasteiger partial charge in [0.25, 0.3) is 0 Å². The van der Waals surface area contributed by atoms with Crippen LogP contribution in [0.25, 0.3) is 22.8 Å². The van der Waals surface area contributed by atoms with E-state index in [1.54, 1.807) is 6.20 Å². The molecular weight excluding hydrogens is 264 g/mol. The predicted octanol–water partition coefficient (Wildman–Crippen LogP) is 2.04. The lowest BCUT2D eigenvalue weighted by Gasteiger charge is -2.04. The van der Waals surface area contributed by atoms with Crippen molar-refractivity contribution < 1.29 is 0 Å². The SMILES string of the molecule is Nc1c(-c2cncn2C2CC2)nc(-c2ccccc2)n1N. The third-order valence-electron chi connectivity index (χ3n) is 3.83. The van der Waals surface area contributed by atoms with Crippen LogP contribution in [0.5, 0.6) is 0 Å². The molecule has 6 heteroatoms. The van der Waals surface area contributed by atoms with Crippen molar-refractivity contribution in [1.82, 2.24) is 19.2 Å². The predicted molar refractivity (Wildman–Crippen MR) is 81.7 cm³/mol. The summed E-state index contributed by atoms with van der Waals surface area (Å²) in [4.78, 5) is 8.87. The monoisotopic (exact) mass is 280 g/mol. The number of hydrogen-bond acceptors (Lipinski definition) is 4. The van der Waals surface area contributed by atoms with Gasteiger partial charge in [0, 0.05) is 11.6 Å². The molecule has 6 nitrogen and oxygen atoms in total. The van der Waals surface area contributed by atoms with E-state index in [1.807, 2.05) is 36.7 Å². The van der Waals surface area contributed by atoms with Crippen LogP contribution in [0.4, 0.5) is 5.82 Å². The van der Waals surface area contributed by atoms with Crippen molar-refractivity contribution in [2.24, 2.45) is 0 Å². The lowest BCUT2D eigenvalue weighted by molar-refractivity contribution is 0.746. The number of nitrogen functional groups attached to an aromatic ring is 2. The van der Waals surface area contributed by atoms with Crippen LogP contribution >= 0.6 is 0 Å². The topological polar surface area (TPSA) is 87.7 Å². The standard InChI is InChI=1S/C15H16N6/c16-14-13(12-8-18-9-20(12)11-6-7-11)19-15(21(14)17)10-4-2-1-3-5-10/h1-5,8-9,11H,6-7,16-17H2. The first-order valence-electron chi connectivity index (χ1n) is 6.96. The smallest absolute Gasteiger partial charge is 0.161 e. The molecule has 0 radical (unpaired) electrons. The highest BCUT2D eigenvalue weighted by Crippen LogP contribution is 2.39. The number of imidazole rings is 2. The summed E-state index contributed by atoms with van der Waals surface area (Å²) in [7, 11) is 0. The number of aromatic nitrogens is 4. The van der Waals surface area contributed by atoms with Gasteiger partial charge in [-0.15, -0.1) is 0 Å². The largest absolute Gasteiger partial charge is 0.382 e. The summed E-state index contributed by atoms with van der Waals surface area (Å²) < 4.78 is 3.57. The van der Waals surface area contributed by atoms with E-state index >= 15 is 0 Å². The van der Waals surface area contributed by atoms with E-state index in [9.17, 15) is 0 Å². The van der Waals surface area contributed by atoms with Crippen LogP contribution in [0.2, 0.25) is 0 Å². The summed E-state index contributed by atoms with van der Waals surface area (Å²) in [5.74, 6) is 7.20. The highest BCUT2D eigenvalue weighted by Gasteiger charge is 2.28. The molecule has 0 aliphatic heterocycles. The first-order valence-corrected chi connectivity index (χ1v) is 6.96. The van der Waals surface area contributed by atoms with Gasteiger partial charge in [-0.1, -0.05) is 30.3 Å². The van der Waals surface area contributed by atoms with Crippen LogP contribution in [0.15, 0.2) is 42.9 Å². The average molecular weight is 280 g/mol. The van der Waals surface area contributed by atoms with Gasteiger partial charge in [0.2, 0.25) is 0 Å². The minimum Gasteiger partial charge on any atom is -0.382 e. The molecule has 1 aliphatic carbocycles. The molecule has 0 bridgehead atoms. The van der Waals surface area contributed by atoms with Gasteiger partial charge < -0.3 is 16.1 Å². The molecular formula is C15H16N6. The molecule has 1 saturated carbocycles. The average Bonchev–Trinajstić information content (AvgIpc) is 3.18. The summed E-state index contributed by atoms with van der Waals surface area (Å²) >= 11 is 0. The molecule has 0 atom stereocenters. The fraction of sp³-hybridized carbons (Fsp3) is 0.200. The maximum absolute atomic E-state index is 6.16. The quantitative estimate of drug-likeness (QED) is 0.719. The van der Waals surface area contributed by atoms with E-state index in [-0.39, 0.29) is 0 Å². The Bertz CT molecular complexity index is 782.